The highest BCUT2D eigenvalue weighted by molar-refractivity contribution is 5.56. The first-order valence-electron chi connectivity index (χ1n) is 5.94. The van der Waals surface area contributed by atoms with Gasteiger partial charge in [-0.15, -0.1) is 0 Å². The molecule has 3 nitrogen and oxygen atoms in total. The molecule has 0 amide bonds. The number of nitrogens with zero attached hydrogens (tertiary/aromatic N) is 2. The fraction of sp³-hybridized carbons (Fsp3) is 0.308. The fourth-order valence-corrected chi connectivity index (χ4v) is 1.86. The van der Waals surface area contributed by atoms with Crippen molar-refractivity contribution in [2.24, 2.45) is 0 Å². The number of aromatic nitrogens is 2. The van der Waals surface area contributed by atoms with E-state index in [-0.39, 0.29) is 5.56 Å². The van der Waals surface area contributed by atoms with E-state index in [2.05, 4.69) is 10.3 Å². The SMILES string of the molecule is CNCCCn1ccnc1-c1ccc(F)c(F)c1F. The molecule has 2 rings (SSSR count). The summed E-state index contributed by atoms with van der Waals surface area (Å²) in [5.41, 5.74) is -0.0339. The zero-order valence-corrected chi connectivity index (χ0v) is 10.5. The molecule has 102 valence electrons. The van der Waals surface area contributed by atoms with Gasteiger partial charge in [0.05, 0.1) is 5.56 Å². The number of nitrogens with one attached hydrogen (secondary N) is 1. The maximum atomic E-state index is 13.7. The predicted octanol–water partition coefficient (Wildman–Crippen LogP) is 2.58. The van der Waals surface area contributed by atoms with Crippen LogP contribution in [-0.2, 0) is 6.54 Å². The van der Waals surface area contributed by atoms with Crippen molar-refractivity contribution in [1.82, 2.24) is 14.9 Å². The van der Waals surface area contributed by atoms with Crippen molar-refractivity contribution < 1.29 is 13.2 Å². The summed E-state index contributed by atoms with van der Waals surface area (Å²) in [5, 5.41) is 3.00. The molecule has 1 aromatic heterocycles. The molecule has 0 saturated carbocycles. The third kappa shape index (κ3) is 2.78. The van der Waals surface area contributed by atoms with Crippen LogP contribution in [0.4, 0.5) is 13.2 Å². The average molecular weight is 269 g/mol. The van der Waals surface area contributed by atoms with Crippen LogP contribution in [-0.4, -0.2) is 23.1 Å². The van der Waals surface area contributed by atoms with Crippen molar-refractivity contribution in [3.05, 3.63) is 42.0 Å². The Balaban J connectivity index is 2.32. The Bertz CT molecular complexity index is 566. The summed E-state index contributed by atoms with van der Waals surface area (Å²) >= 11 is 0. The molecule has 0 aliphatic heterocycles. The zero-order chi connectivity index (χ0) is 13.8. The molecule has 6 heteroatoms. The predicted molar refractivity (Wildman–Crippen MR) is 66.1 cm³/mol. The van der Waals surface area contributed by atoms with Gasteiger partial charge >= 0.3 is 0 Å². The van der Waals surface area contributed by atoms with Crippen LogP contribution in [0.25, 0.3) is 11.4 Å². The summed E-state index contributed by atoms with van der Waals surface area (Å²) in [5.74, 6) is -3.58. The largest absolute Gasteiger partial charge is 0.331 e. The van der Waals surface area contributed by atoms with Gasteiger partial charge in [0.15, 0.2) is 17.5 Å². The van der Waals surface area contributed by atoms with E-state index >= 15 is 0 Å². The Kier molecular flexibility index (Phi) is 4.21. The smallest absolute Gasteiger partial charge is 0.195 e. The van der Waals surface area contributed by atoms with Crippen LogP contribution in [0.1, 0.15) is 6.42 Å². The molecular weight excluding hydrogens is 255 g/mol. The van der Waals surface area contributed by atoms with E-state index in [0.29, 0.717) is 12.4 Å². The zero-order valence-electron chi connectivity index (χ0n) is 10.5. The molecule has 0 aliphatic carbocycles. The van der Waals surface area contributed by atoms with E-state index in [9.17, 15) is 13.2 Å². The number of halogens is 3. The molecule has 0 saturated heterocycles. The van der Waals surface area contributed by atoms with Gasteiger partial charge in [-0.1, -0.05) is 0 Å². The second-order valence-electron chi connectivity index (χ2n) is 4.12. The highest BCUT2D eigenvalue weighted by Crippen LogP contribution is 2.24. The first-order chi connectivity index (χ1) is 9.15. The van der Waals surface area contributed by atoms with Crippen LogP contribution in [0.5, 0.6) is 0 Å². The standard InChI is InChI=1S/C13H14F3N3/c1-17-5-2-7-19-8-6-18-13(19)9-3-4-10(14)12(16)11(9)15/h3-4,6,8,17H,2,5,7H2,1H3. The van der Waals surface area contributed by atoms with Crippen molar-refractivity contribution in [3.8, 4) is 11.4 Å². The van der Waals surface area contributed by atoms with E-state index in [4.69, 9.17) is 0 Å². The first-order valence-corrected chi connectivity index (χ1v) is 5.94. The van der Waals surface area contributed by atoms with E-state index in [1.165, 1.54) is 12.3 Å². The van der Waals surface area contributed by atoms with E-state index in [1.54, 1.807) is 10.8 Å². The quantitative estimate of drug-likeness (QED) is 0.668. The number of rotatable bonds is 5. The topological polar surface area (TPSA) is 29.9 Å². The van der Waals surface area contributed by atoms with Crippen LogP contribution in [0, 0.1) is 17.5 Å². The molecule has 0 bridgehead atoms. The molecule has 2 aromatic rings. The molecule has 1 heterocycles. The Hall–Kier alpha value is -1.82. The normalized spacial score (nSPS) is 10.9. The van der Waals surface area contributed by atoms with E-state index in [0.717, 1.165) is 19.0 Å². The summed E-state index contributed by atoms with van der Waals surface area (Å²) in [6.07, 6.45) is 4.02. The highest BCUT2D eigenvalue weighted by atomic mass is 19.2. The third-order valence-electron chi connectivity index (χ3n) is 2.82. The molecule has 19 heavy (non-hydrogen) atoms. The number of benzene rings is 1. The van der Waals surface area contributed by atoms with Gasteiger partial charge in [0.1, 0.15) is 5.82 Å². The summed E-state index contributed by atoms with van der Waals surface area (Å²) in [4.78, 5) is 4.01. The number of hydrogen-bond acceptors (Lipinski definition) is 2. The monoisotopic (exact) mass is 269 g/mol. The summed E-state index contributed by atoms with van der Waals surface area (Å²) in [6, 6.07) is 2.10. The van der Waals surface area contributed by atoms with Crippen molar-refractivity contribution in [2.45, 2.75) is 13.0 Å². The van der Waals surface area contributed by atoms with Crippen LogP contribution < -0.4 is 5.32 Å². The van der Waals surface area contributed by atoms with Crippen LogP contribution in [0.3, 0.4) is 0 Å². The summed E-state index contributed by atoms with van der Waals surface area (Å²) in [7, 11) is 1.84. The van der Waals surface area contributed by atoms with Gasteiger partial charge in [-0.3, -0.25) is 0 Å². The Labute approximate surface area is 109 Å². The molecular formula is C13H14F3N3. The third-order valence-corrected chi connectivity index (χ3v) is 2.82. The van der Waals surface area contributed by atoms with Gasteiger partial charge in [0, 0.05) is 18.9 Å². The summed E-state index contributed by atoms with van der Waals surface area (Å²) < 4.78 is 41.6. The first kappa shape index (κ1) is 13.6. The highest BCUT2D eigenvalue weighted by Gasteiger charge is 2.17. The molecule has 0 atom stereocenters. The molecule has 0 spiro atoms. The maximum absolute atomic E-state index is 13.7. The van der Waals surface area contributed by atoms with Crippen molar-refractivity contribution in [2.75, 3.05) is 13.6 Å². The number of hydrogen-bond donors (Lipinski definition) is 1. The lowest BCUT2D eigenvalue weighted by atomic mass is 10.2. The Morgan fingerprint density at radius 3 is 2.74 bits per heavy atom. The molecule has 0 unspecified atom stereocenters. The molecule has 0 aliphatic rings. The fourth-order valence-electron chi connectivity index (χ4n) is 1.86. The lowest BCUT2D eigenvalue weighted by Gasteiger charge is -2.09. The minimum atomic E-state index is -1.47. The van der Waals surface area contributed by atoms with Gasteiger partial charge < -0.3 is 9.88 Å². The van der Waals surface area contributed by atoms with Gasteiger partial charge in [0.25, 0.3) is 0 Å². The maximum Gasteiger partial charge on any atom is 0.195 e. The van der Waals surface area contributed by atoms with E-state index < -0.39 is 17.5 Å². The summed E-state index contributed by atoms with van der Waals surface area (Å²) in [6.45, 7) is 1.42. The number of imidazole rings is 1. The van der Waals surface area contributed by atoms with Gasteiger partial charge in [-0.2, -0.15) is 0 Å². The molecule has 1 N–H and O–H groups in total. The Morgan fingerprint density at radius 2 is 2.00 bits per heavy atom. The minimum absolute atomic E-state index is 0.0339. The molecule has 1 aromatic carbocycles. The molecule has 0 fully saturated rings. The second kappa shape index (κ2) is 5.88. The lowest BCUT2D eigenvalue weighted by molar-refractivity contribution is 0.448. The second-order valence-corrected chi connectivity index (χ2v) is 4.12. The average Bonchev–Trinajstić information content (AvgIpc) is 2.85. The number of aryl methyl sites for hydroxylation is 1. The van der Waals surface area contributed by atoms with Crippen LogP contribution in [0.15, 0.2) is 24.5 Å². The lowest BCUT2D eigenvalue weighted by Crippen LogP contribution is -2.11. The van der Waals surface area contributed by atoms with Gasteiger partial charge in [-0.05, 0) is 32.1 Å². The van der Waals surface area contributed by atoms with Crippen molar-refractivity contribution in [3.63, 3.8) is 0 Å². The van der Waals surface area contributed by atoms with E-state index in [1.807, 2.05) is 7.05 Å². The van der Waals surface area contributed by atoms with Gasteiger partial charge in [0.2, 0.25) is 0 Å². The van der Waals surface area contributed by atoms with Crippen molar-refractivity contribution in [1.29, 1.82) is 0 Å². The minimum Gasteiger partial charge on any atom is -0.331 e. The van der Waals surface area contributed by atoms with Crippen LogP contribution in [0.2, 0.25) is 0 Å². The van der Waals surface area contributed by atoms with Gasteiger partial charge in [-0.25, -0.2) is 18.2 Å². The molecule has 0 radical (unpaired) electrons. The van der Waals surface area contributed by atoms with Crippen molar-refractivity contribution >= 4 is 0 Å². The Morgan fingerprint density at radius 1 is 1.21 bits per heavy atom. The van der Waals surface area contributed by atoms with Crippen LogP contribution >= 0.6 is 0 Å².